The molecule has 2 rings (SSSR count). The fourth-order valence-electron chi connectivity index (χ4n) is 0.908. The summed E-state index contributed by atoms with van der Waals surface area (Å²) >= 11 is 10.8. The molecular weight excluding hydrogens is 263 g/mol. The Bertz CT molecular complexity index is 252. The maximum absolute atomic E-state index is 7.57. The summed E-state index contributed by atoms with van der Waals surface area (Å²) in [5, 5.41) is 14.5. The molecule has 0 bridgehead atoms. The van der Waals surface area contributed by atoms with Crippen LogP contribution in [0.1, 0.15) is 6.92 Å². The van der Waals surface area contributed by atoms with Crippen LogP contribution >= 0.6 is 23.2 Å². The maximum Gasteiger partial charge on any atom is 0.166 e. The monoisotopic (exact) mass is 280 g/mol. The van der Waals surface area contributed by atoms with Crippen LogP contribution in [0.5, 0.6) is 0 Å². The molecule has 17 heavy (non-hydrogen) atoms. The van der Waals surface area contributed by atoms with Crippen LogP contribution in [0.3, 0.4) is 0 Å². The van der Waals surface area contributed by atoms with Crippen LogP contribution in [0.4, 0.5) is 0 Å². The first kappa shape index (κ1) is 16.5. The Morgan fingerprint density at radius 1 is 1.06 bits per heavy atom. The van der Waals surface area contributed by atoms with Crippen LogP contribution in [0.25, 0.3) is 0 Å². The molecule has 0 saturated carbocycles. The highest BCUT2D eigenvalue weighted by molar-refractivity contribution is 6.40. The van der Waals surface area contributed by atoms with E-state index in [1.54, 1.807) is 6.92 Å². The quantitative estimate of drug-likeness (QED) is 0.661. The van der Waals surface area contributed by atoms with Crippen molar-refractivity contribution in [3.63, 3.8) is 0 Å². The van der Waals surface area contributed by atoms with Crippen molar-refractivity contribution in [2.24, 2.45) is 0 Å². The van der Waals surface area contributed by atoms with E-state index in [9.17, 15) is 0 Å². The standard InChI is InChI=1S/C4H2Cl2N2.C4H10N2.C2H6O/c5-3-4(6)8-2-1-7-3;1-2-6-4-3-5-1;1-2-3/h1-2H;5-6H,1-4H2;3H,2H2,1H3. The highest BCUT2D eigenvalue weighted by Crippen LogP contribution is 2.12. The largest absolute Gasteiger partial charge is 0.397 e. The second kappa shape index (κ2) is 12.0. The fraction of sp³-hybridized carbons (Fsp3) is 0.600. The van der Waals surface area contributed by atoms with Gasteiger partial charge in [-0.2, -0.15) is 0 Å². The molecule has 0 spiro atoms. The Kier molecular flexibility index (Phi) is 11.7. The first-order chi connectivity index (χ1) is 8.22. The molecule has 1 aliphatic heterocycles. The van der Waals surface area contributed by atoms with Crippen LogP contribution < -0.4 is 10.6 Å². The molecule has 1 fully saturated rings. The molecule has 3 N–H and O–H groups in total. The molecule has 0 radical (unpaired) electrons. The summed E-state index contributed by atoms with van der Waals surface area (Å²) < 4.78 is 0. The normalized spacial score (nSPS) is 13.9. The van der Waals surface area contributed by atoms with E-state index >= 15 is 0 Å². The summed E-state index contributed by atoms with van der Waals surface area (Å²) in [7, 11) is 0. The zero-order chi connectivity index (χ0) is 12.9. The van der Waals surface area contributed by atoms with Crippen LogP contribution in [0.15, 0.2) is 12.4 Å². The first-order valence-electron chi connectivity index (χ1n) is 5.36. The van der Waals surface area contributed by atoms with Crippen LogP contribution in [0, 0.1) is 0 Å². The minimum Gasteiger partial charge on any atom is -0.397 e. The highest BCUT2D eigenvalue weighted by Gasteiger charge is 1.93. The molecule has 0 unspecified atom stereocenters. The van der Waals surface area contributed by atoms with Gasteiger partial charge in [-0.05, 0) is 6.92 Å². The van der Waals surface area contributed by atoms with Crippen LogP contribution in [-0.4, -0.2) is 47.9 Å². The third-order valence-corrected chi connectivity index (χ3v) is 2.22. The zero-order valence-corrected chi connectivity index (χ0v) is 11.3. The summed E-state index contributed by atoms with van der Waals surface area (Å²) in [5.41, 5.74) is 0. The van der Waals surface area contributed by atoms with E-state index in [2.05, 4.69) is 20.6 Å². The van der Waals surface area contributed by atoms with E-state index in [4.69, 9.17) is 28.3 Å². The van der Waals surface area contributed by atoms with Crippen molar-refractivity contribution in [2.45, 2.75) is 6.92 Å². The minimum absolute atomic E-state index is 0.245. The average Bonchev–Trinajstić information content (AvgIpc) is 2.37. The number of piperazine rings is 1. The van der Waals surface area contributed by atoms with Gasteiger partial charge in [0.15, 0.2) is 10.3 Å². The first-order valence-corrected chi connectivity index (χ1v) is 6.12. The van der Waals surface area contributed by atoms with Crippen molar-refractivity contribution in [2.75, 3.05) is 32.8 Å². The molecule has 1 saturated heterocycles. The van der Waals surface area contributed by atoms with Gasteiger partial charge in [-0.1, -0.05) is 23.2 Å². The smallest absolute Gasteiger partial charge is 0.166 e. The molecular formula is C10H18Cl2N4O. The SMILES string of the molecule is C1CNCCN1.CCO.Clc1nccnc1Cl. The van der Waals surface area contributed by atoms with E-state index in [-0.39, 0.29) is 16.9 Å². The lowest BCUT2D eigenvalue weighted by Crippen LogP contribution is -2.39. The second-order valence-corrected chi connectivity index (χ2v) is 3.67. The van der Waals surface area contributed by atoms with Crippen molar-refractivity contribution >= 4 is 23.2 Å². The Hall–Kier alpha value is -0.460. The lowest BCUT2D eigenvalue weighted by Gasteiger charge is -2.11. The number of nitrogens with zero attached hydrogens (tertiary/aromatic N) is 2. The number of aromatic nitrogens is 2. The van der Waals surface area contributed by atoms with Gasteiger partial charge < -0.3 is 15.7 Å². The van der Waals surface area contributed by atoms with Crippen molar-refractivity contribution in [3.05, 3.63) is 22.7 Å². The molecule has 0 amide bonds. The van der Waals surface area contributed by atoms with Crippen molar-refractivity contribution in [3.8, 4) is 0 Å². The van der Waals surface area contributed by atoms with Gasteiger partial charge in [0.1, 0.15) is 0 Å². The van der Waals surface area contributed by atoms with E-state index in [0.717, 1.165) is 26.2 Å². The highest BCUT2D eigenvalue weighted by atomic mass is 35.5. The number of aliphatic hydroxyl groups is 1. The van der Waals surface area contributed by atoms with Gasteiger partial charge in [0.25, 0.3) is 0 Å². The number of hydrogen-bond acceptors (Lipinski definition) is 5. The molecule has 1 aromatic heterocycles. The van der Waals surface area contributed by atoms with E-state index in [1.165, 1.54) is 12.4 Å². The van der Waals surface area contributed by atoms with E-state index < -0.39 is 0 Å². The topological polar surface area (TPSA) is 70.1 Å². The zero-order valence-electron chi connectivity index (χ0n) is 9.79. The molecule has 0 aromatic carbocycles. The molecule has 0 atom stereocenters. The molecule has 98 valence electrons. The minimum atomic E-state index is 0.245. The number of nitrogens with one attached hydrogen (secondary N) is 2. The van der Waals surface area contributed by atoms with Gasteiger partial charge in [-0.3, -0.25) is 0 Å². The fourth-order valence-corrected chi connectivity index (χ4v) is 1.12. The Morgan fingerprint density at radius 2 is 1.35 bits per heavy atom. The lowest BCUT2D eigenvalue weighted by atomic mass is 10.4. The van der Waals surface area contributed by atoms with Gasteiger partial charge in [-0.15, -0.1) is 0 Å². The number of hydrogen-bond donors (Lipinski definition) is 3. The van der Waals surface area contributed by atoms with Crippen LogP contribution in [0.2, 0.25) is 10.3 Å². The second-order valence-electron chi connectivity index (χ2n) is 2.95. The number of halogens is 2. The summed E-state index contributed by atoms with van der Waals surface area (Å²) in [6.07, 6.45) is 2.96. The third kappa shape index (κ3) is 10.4. The number of aliphatic hydroxyl groups excluding tert-OH is 1. The van der Waals surface area contributed by atoms with Crippen molar-refractivity contribution in [1.29, 1.82) is 0 Å². The van der Waals surface area contributed by atoms with Gasteiger partial charge >= 0.3 is 0 Å². The molecule has 0 aliphatic carbocycles. The van der Waals surface area contributed by atoms with Gasteiger partial charge in [0.2, 0.25) is 0 Å². The summed E-state index contributed by atoms with van der Waals surface area (Å²) in [5.74, 6) is 0. The number of rotatable bonds is 0. The molecule has 5 nitrogen and oxygen atoms in total. The maximum atomic E-state index is 7.57. The summed E-state index contributed by atoms with van der Waals surface area (Å²) in [6.45, 7) is 6.49. The van der Waals surface area contributed by atoms with E-state index in [1.807, 2.05) is 0 Å². The third-order valence-electron chi connectivity index (χ3n) is 1.57. The molecule has 2 heterocycles. The van der Waals surface area contributed by atoms with Gasteiger partial charge in [0, 0.05) is 45.2 Å². The van der Waals surface area contributed by atoms with Crippen LogP contribution in [-0.2, 0) is 0 Å². The average molecular weight is 281 g/mol. The molecule has 1 aliphatic rings. The molecule has 1 aromatic rings. The summed E-state index contributed by atoms with van der Waals surface area (Å²) in [4.78, 5) is 7.30. The van der Waals surface area contributed by atoms with Gasteiger partial charge in [0.05, 0.1) is 0 Å². The predicted octanol–water partition coefficient (Wildman–Crippen LogP) is 0.961. The summed E-state index contributed by atoms with van der Waals surface area (Å²) in [6, 6.07) is 0. The van der Waals surface area contributed by atoms with Crippen molar-refractivity contribution in [1.82, 2.24) is 20.6 Å². The van der Waals surface area contributed by atoms with E-state index in [0.29, 0.717) is 0 Å². The van der Waals surface area contributed by atoms with Crippen molar-refractivity contribution < 1.29 is 5.11 Å². The predicted molar refractivity (Wildman–Crippen MR) is 70.6 cm³/mol. The molecule has 7 heteroatoms. The lowest BCUT2D eigenvalue weighted by molar-refractivity contribution is 0.318. The Balaban J connectivity index is 0.000000252. The van der Waals surface area contributed by atoms with Gasteiger partial charge in [-0.25, -0.2) is 9.97 Å². The Morgan fingerprint density at radius 3 is 1.53 bits per heavy atom. The Labute approximate surface area is 112 Å².